The minimum absolute atomic E-state index is 0.458. The molecule has 0 spiro atoms. The Morgan fingerprint density at radius 1 is 1.38 bits per heavy atom. The lowest BCUT2D eigenvalue weighted by Crippen LogP contribution is -2.16. The van der Waals surface area contributed by atoms with Crippen molar-refractivity contribution in [2.45, 2.75) is 25.7 Å². The van der Waals surface area contributed by atoms with E-state index in [9.17, 15) is 0 Å². The highest BCUT2D eigenvalue weighted by molar-refractivity contribution is 7.16. The van der Waals surface area contributed by atoms with Crippen molar-refractivity contribution in [2.24, 2.45) is 5.92 Å². The minimum Gasteiger partial charge on any atom is -0.469 e. The molecule has 1 aromatic heterocycles. The van der Waals surface area contributed by atoms with Crippen molar-refractivity contribution < 1.29 is 9.47 Å². The van der Waals surface area contributed by atoms with E-state index in [4.69, 9.17) is 15.2 Å². The molecule has 1 aliphatic heterocycles. The van der Waals surface area contributed by atoms with Crippen LogP contribution in [0.5, 0.6) is 5.19 Å². The van der Waals surface area contributed by atoms with Gasteiger partial charge in [0, 0.05) is 13.2 Å². The van der Waals surface area contributed by atoms with E-state index in [1.54, 1.807) is 0 Å². The maximum absolute atomic E-state index is 5.45. The fourth-order valence-corrected chi connectivity index (χ4v) is 2.33. The second-order valence-corrected chi connectivity index (χ2v) is 4.92. The first kappa shape index (κ1) is 11.6. The van der Waals surface area contributed by atoms with E-state index in [0.717, 1.165) is 25.6 Å². The van der Waals surface area contributed by atoms with Crippen LogP contribution < -0.4 is 10.5 Å². The first-order valence-corrected chi connectivity index (χ1v) is 6.46. The Balaban J connectivity index is 1.57. The number of nitrogen functional groups attached to an aromatic ring is 1. The molecule has 0 saturated carbocycles. The third-order valence-corrected chi connectivity index (χ3v) is 3.41. The van der Waals surface area contributed by atoms with E-state index in [2.05, 4.69) is 10.2 Å². The Kier molecular flexibility index (Phi) is 4.35. The molecule has 1 aromatic rings. The summed E-state index contributed by atoms with van der Waals surface area (Å²) in [7, 11) is 0. The van der Waals surface area contributed by atoms with E-state index in [0.29, 0.717) is 16.9 Å². The van der Waals surface area contributed by atoms with Gasteiger partial charge in [0.25, 0.3) is 5.19 Å². The zero-order chi connectivity index (χ0) is 11.2. The summed E-state index contributed by atoms with van der Waals surface area (Å²) in [6.45, 7) is 2.53. The molecule has 0 aromatic carbocycles. The number of anilines is 1. The van der Waals surface area contributed by atoms with Crippen molar-refractivity contribution in [1.29, 1.82) is 0 Å². The Bertz CT molecular complexity index is 313. The topological polar surface area (TPSA) is 70.3 Å². The van der Waals surface area contributed by atoms with Crippen LogP contribution in [0.3, 0.4) is 0 Å². The quantitative estimate of drug-likeness (QED) is 0.797. The van der Waals surface area contributed by atoms with Gasteiger partial charge in [-0.3, -0.25) is 0 Å². The molecule has 5 nitrogen and oxygen atoms in total. The molecule has 1 aliphatic rings. The second kappa shape index (κ2) is 6.00. The molecule has 2 heterocycles. The Hall–Kier alpha value is -0.880. The van der Waals surface area contributed by atoms with Gasteiger partial charge in [-0.1, -0.05) is 5.10 Å². The van der Waals surface area contributed by atoms with Gasteiger partial charge >= 0.3 is 0 Å². The predicted octanol–water partition coefficient (Wildman–Crippen LogP) is 1.71. The van der Waals surface area contributed by atoms with Crippen LogP contribution in [0.2, 0.25) is 0 Å². The summed E-state index contributed by atoms with van der Waals surface area (Å²) in [5, 5.41) is 8.52. The highest BCUT2D eigenvalue weighted by Crippen LogP contribution is 2.22. The first-order valence-electron chi connectivity index (χ1n) is 5.64. The maximum Gasteiger partial charge on any atom is 0.295 e. The van der Waals surface area contributed by atoms with Gasteiger partial charge in [0.15, 0.2) is 0 Å². The number of hydrogen-bond acceptors (Lipinski definition) is 6. The molecule has 0 aliphatic carbocycles. The van der Waals surface area contributed by atoms with Gasteiger partial charge in [0.05, 0.1) is 6.61 Å². The summed E-state index contributed by atoms with van der Waals surface area (Å²) in [6, 6.07) is 0. The third kappa shape index (κ3) is 3.61. The van der Waals surface area contributed by atoms with Gasteiger partial charge in [-0.25, -0.2) is 0 Å². The molecule has 0 radical (unpaired) electrons. The van der Waals surface area contributed by atoms with E-state index in [1.165, 1.54) is 30.6 Å². The van der Waals surface area contributed by atoms with E-state index >= 15 is 0 Å². The molecule has 2 rings (SSSR count). The minimum atomic E-state index is 0.458. The van der Waals surface area contributed by atoms with Crippen molar-refractivity contribution in [3.63, 3.8) is 0 Å². The summed E-state index contributed by atoms with van der Waals surface area (Å²) < 4.78 is 10.8. The lowest BCUT2D eigenvalue weighted by molar-refractivity contribution is 0.0620. The number of nitrogens with zero attached hydrogens (tertiary/aromatic N) is 2. The summed E-state index contributed by atoms with van der Waals surface area (Å²) >= 11 is 1.29. The molecule has 1 saturated heterocycles. The van der Waals surface area contributed by atoms with E-state index in [-0.39, 0.29) is 0 Å². The Morgan fingerprint density at radius 2 is 2.19 bits per heavy atom. The SMILES string of the molecule is Nc1nnc(OCCCC2CCOCC2)s1. The largest absolute Gasteiger partial charge is 0.469 e. The Labute approximate surface area is 99.0 Å². The number of aromatic nitrogens is 2. The maximum atomic E-state index is 5.45. The molecule has 0 bridgehead atoms. The number of nitrogens with two attached hydrogens (primary N) is 1. The molecule has 0 amide bonds. The van der Waals surface area contributed by atoms with Crippen molar-refractivity contribution >= 4 is 16.5 Å². The molecule has 1 fully saturated rings. The van der Waals surface area contributed by atoms with Crippen LogP contribution in [0.25, 0.3) is 0 Å². The molecule has 0 atom stereocenters. The fraction of sp³-hybridized carbons (Fsp3) is 0.800. The van der Waals surface area contributed by atoms with E-state index in [1.807, 2.05) is 0 Å². The third-order valence-electron chi connectivity index (χ3n) is 2.75. The van der Waals surface area contributed by atoms with Crippen molar-refractivity contribution in [3.8, 4) is 5.19 Å². The van der Waals surface area contributed by atoms with Gasteiger partial charge in [-0.2, -0.15) is 0 Å². The van der Waals surface area contributed by atoms with Crippen LogP contribution in [0, 0.1) is 5.92 Å². The smallest absolute Gasteiger partial charge is 0.295 e. The van der Waals surface area contributed by atoms with Gasteiger partial charge in [0.1, 0.15) is 0 Å². The monoisotopic (exact) mass is 243 g/mol. The predicted molar refractivity (Wildman–Crippen MR) is 62.6 cm³/mol. The molecule has 2 N–H and O–H groups in total. The van der Waals surface area contributed by atoms with Crippen molar-refractivity contribution in [1.82, 2.24) is 10.2 Å². The summed E-state index contributed by atoms with van der Waals surface area (Å²) in [5.41, 5.74) is 5.45. The van der Waals surface area contributed by atoms with Gasteiger partial charge in [0.2, 0.25) is 5.13 Å². The zero-order valence-corrected chi connectivity index (χ0v) is 10.0. The highest BCUT2D eigenvalue weighted by Gasteiger charge is 2.13. The van der Waals surface area contributed by atoms with Crippen LogP contribution in [0.15, 0.2) is 0 Å². The molecule has 16 heavy (non-hydrogen) atoms. The average Bonchev–Trinajstić information content (AvgIpc) is 2.72. The summed E-state index contributed by atoms with van der Waals surface area (Å²) in [5.74, 6) is 0.803. The summed E-state index contributed by atoms with van der Waals surface area (Å²) in [4.78, 5) is 0. The number of hydrogen-bond donors (Lipinski definition) is 1. The van der Waals surface area contributed by atoms with Crippen molar-refractivity contribution in [3.05, 3.63) is 0 Å². The van der Waals surface area contributed by atoms with Crippen LogP contribution >= 0.6 is 11.3 Å². The van der Waals surface area contributed by atoms with E-state index < -0.39 is 0 Å². The number of rotatable bonds is 5. The zero-order valence-electron chi connectivity index (χ0n) is 9.22. The molecule has 0 unspecified atom stereocenters. The van der Waals surface area contributed by atoms with Crippen LogP contribution in [-0.4, -0.2) is 30.0 Å². The van der Waals surface area contributed by atoms with Crippen molar-refractivity contribution in [2.75, 3.05) is 25.6 Å². The van der Waals surface area contributed by atoms with Gasteiger partial charge in [-0.05, 0) is 42.9 Å². The van der Waals surface area contributed by atoms with Crippen LogP contribution in [0.1, 0.15) is 25.7 Å². The number of ether oxygens (including phenoxy) is 2. The highest BCUT2D eigenvalue weighted by atomic mass is 32.1. The van der Waals surface area contributed by atoms with Gasteiger partial charge in [-0.15, -0.1) is 5.10 Å². The molecule has 90 valence electrons. The standard InChI is InChI=1S/C10H17N3O2S/c11-9-12-13-10(16-9)15-5-1-2-8-3-6-14-7-4-8/h8H,1-7H2,(H2,11,12). The Morgan fingerprint density at radius 3 is 2.88 bits per heavy atom. The van der Waals surface area contributed by atoms with Crippen LogP contribution in [0.4, 0.5) is 5.13 Å². The lowest BCUT2D eigenvalue weighted by Gasteiger charge is -2.21. The summed E-state index contributed by atoms with van der Waals surface area (Å²) in [6.07, 6.45) is 4.64. The first-order chi connectivity index (χ1) is 7.84. The molecular formula is C10H17N3O2S. The fourth-order valence-electron chi connectivity index (χ4n) is 1.85. The van der Waals surface area contributed by atoms with Gasteiger partial charge < -0.3 is 15.2 Å². The average molecular weight is 243 g/mol. The normalized spacial score (nSPS) is 17.5. The second-order valence-electron chi connectivity index (χ2n) is 3.95. The lowest BCUT2D eigenvalue weighted by atomic mass is 9.95. The van der Waals surface area contributed by atoms with Crippen LogP contribution in [-0.2, 0) is 4.74 Å². The molecular weight excluding hydrogens is 226 g/mol. The molecule has 6 heteroatoms.